The van der Waals surface area contributed by atoms with Gasteiger partial charge in [-0.05, 0) is 25.1 Å². The normalized spacial score (nSPS) is 21.0. The Hall–Kier alpha value is -1.38. The fraction of sp³-hybridized carbons (Fsp3) is 0.500. The van der Waals surface area contributed by atoms with Gasteiger partial charge in [0.2, 0.25) is 0 Å². The van der Waals surface area contributed by atoms with Crippen LogP contribution in [0.15, 0.2) is 22.4 Å². The molecule has 8 heteroatoms. The molecule has 1 aliphatic heterocycles. The van der Waals surface area contributed by atoms with E-state index >= 15 is 0 Å². The Morgan fingerprint density at radius 2 is 2.33 bits per heavy atom. The fourth-order valence-electron chi connectivity index (χ4n) is 1.61. The zero-order chi connectivity index (χ0) is 13.3. The molecule has 2 rings (SSSR count). The summed E-state index contributed by atoms with van der Waals surface area (Å²) in [6.45, 7) is 3.65. The summed E-state index contributed by atoms with van der Waals surface area (Å²) in [5.74, 6) is 0.479. The van der Waals surface area contributed by atoms with Crippen molar-refractivity contribution in [1.82, 2.24) is 10.6 Å². The Kier molecular flexibility index (Phi) is 3.42. The van der Waals surface area contributed by atoms with Gasteiger partial charge in [-0.3, -0.25) is 10.3 Å². The van der Waals surface area contributed by atoms with Crippen LogP contribution >= 0.6 is 0 Å². The monoisotopic (exact) mass is 274 g/mol. The van der Waals surface area contributed by atoms with E-state index in [2.05, 4.69) is 10.6 Å². The van der Waals surface area contributed by atoms with Gasteiger partial charge < -0.3 is 13.8 Å². The van der Waals surface area contributed by atoms with Crippen molar-refractivity contribution in [3.05, 3.63) is 23.6 Å². The van der Waals surface area contributed by atoms with Crippen molar-refractivity contribution in [3.63, 3.8) is 0 Å². The number of rotatable bonds is 4. The Morgan fingerprint density at radius 3 is 2.78 bits per heavy atom. The number of methoxy groups -OCH3 is 1. The zero-order valence-corrected chi connectivity index (χ0v) is 11.0. The van der Waals surface area contributed by atoms with Crippen molar-refractivity contribution in [2.24, 2.45) is 0 Å². The van der Waals surface area contributed by atoms with E-state index in [1.165, 1.54) is 13.2 Å². The number of hydroxylamine groups is 1. The first-order valence-electron chi connectivity index (χ1n) is 5.20. The van der Waals surface area contributed by atoms with Gasteiger partial charge >= 0.3 is 0 Å². The Balaban J connectivity index is 2.32. The summed E-state index contributed by atoms with van der Waals surface area (Å²) in [6.07, 6.45) is 1.72. The number of aromatic nitrogens is 1. The van der Waals surface area contributed by atoms with Crippen molar-refractivity contribution in [2.75, 3.05) is 7.11 Å². The van der Waals surface area contributed by atoms with Gasteiger partial charge in [-0.15, -0.1) is 0 Å². The maximum absolute atomic E-state index is 11.4. The van der Waals surface area contributed by atoms with E-state index in [1.807, 2.05) is 13.8 Å². The molecular weight excluding hydrogens is 260 g/mol. The van der Waals surface area contributed by atoms with Gasteiger partial charge in [0.05, 0.1) is 12.8 Å². The molecule has 0 spiro atoms. The topological polar surface area (TPSA) is 93.8 Å². The second-order valence-corrected chi connectivity index (χ2v) is 5.36. The van der Waals surface area contributed by atoms with Crippen molar-refractivity contribution < 1.29 is 22.9 Å². The first-order chi connectivity index (χ1) is 8.43. The van der Waals surface area contributed by atoms with Crippen LogP contribution in [0.5, 0.6) is 5.88 Å². The highest BCUT2D eigenvalue weighted by atomic mass is 32.2. The van der Waals surface area contributed by atoms with Gasteiger partial charge in [0.1, 0.15) is 5.60 Å². The lowest BCUT2D eigenvalue weighted by molar-refractivity contribution is -0.0161. The molecule has 0 aliphatic carbocycles. The molecule has 7 nitrogen and oxygen atoms in total. The predicted octanol–water partition coefficient (Wildman–Crippen LogP) is 1.14. The highest BCUT2D eigenvalue weighted by Crippen LogP contribution is 2.33. The van der Waals surface area contributed by atoms with Crippen LogP contribution in [0.2, 0.25) is 0 Å². The molecule has 0 bridgehead atoms. The standard InChI is InChI=1S/C10H14N2O5S/c1-10(2)5-6(11-17-10)9(18(13)14)7-4-8(15-3)12-16-7/h4-5,9,11H,1-3H3,(H,13,14). The van der Waals surface area contributed by atoms with Gasteiger partial charge in [-0.1, -0.05) is 0 Å². The van der Waals surface area contributed by atoms with Crippen molar-refractivity contribution >= 4 is 11.1 Å². The fourth-order valence-corrected chi connectivity index (χ4v) is 2.25. The molecule has 1 aromatic rings. The van der Waals surface area contributed by atoms with Crippen LogP contribution in [0.4, 0.5) is 0 Å². The molecule has 0 amide bonds. The Labute approximate surface area is 106 Å². The largest absolute Gasteiger partial charge is 0.479 e. The molecule has 0 saturated heterocycles. The van der Waals surface area contributed by atoms with Crippen LogP contribution < -0.4 is 10.2 Å². The Morgan fingerprint density at radius 1 is 1.61 bits per heavy atom. The first-order valence-corrected chi connectivity index (χ1v) is 6.37. The molecular formula is C10H14N2O5S. The highest BCUT2D eigenvalue weighted by molar-refractivity contribution is 7.79. The van der Waals surface area contributed by atoms with E-state index in [0.29, 0.717) is 5.70 Å². The summed E-state index contributed by atoms with van der Waals surface area (Å²) in [5, 5.41) is 2.72. The summed E-state index contributed by atoms with van der Waals surface area (Å²) >= 11 is -2.17. The molecule has 1 aliphatic rings. The molecule has 0 saturated carbocycles. The van der Waals surface area contributed by atoms with E-state index in [4.69, 9.17) is 14.1 Å². The van der Waals surface area contributed by atoms with Crippen LogP contribution in [-0.4, -0.2) is 26.6 Å². The van der Waals surface area contributed by atoms with Gasteiger partial charge in [-0.25, -0.2) is 4.21 Å². The molecule has 0 aromatic carbocycles. The van der Waals surface area contributed by atoms with E-state index in [1.54, 1.807) is 6.08 Å². The number of hydrogen-bond donors (Lipinski definition) is 2. The third kappa shape index (κ3) is 2.55. The first kappa shape index (κ1) is 13.1. The van der Waals surface area contributed by atoms with Crippen LogP contribution in [-0.2, 0) is 15.9 Å². The minimum absolute atomic E-state index is 0.229. The SMILES string of the molecule is COc1cc(C(C2=CC(C)(C)ON2)S(=O)O)on1. The molecule has 100 valence electrons. The predicted molar refractivity (Wildman–Crippen MR) is 62.9 cm³/mol. The molecule has 1 aromatic heterocycles. The van der Waals surface area contributed by atoms with Crippen LogP contribution in [0.3, 0.4) is 0 Å². The molecule has 2 atom stereocenters. The zero-order valence-electron chi connectivity index (χ0n) is 10.2. The molecule has 2 unspecified atom stereocenters. The number of nitrogens with zero attached hydrogens (tertiary/aromatic N) is 1. The van der Waals surface area contributed by atoms with Gasteiger partial charge in [0, 0.05) is 6.07 Å². The lowest BCUT2D eigenvalue weighted by Gasteiger charge is -2.12. The molecule has 0 fully saturated rings. The highest BCUT2D eigenvalue weighted by Gasteiger charge is 2.34. The van der Waals surface area contributed by atoms with Crippen LogP contribution in [0.25, 0.3) is 0 Å². The quantitative estimate of drug-likeness (QED) is 0.795. The van der Waals surface area contributed by atoms with E-state index in [-0.39, 0.29) is 11.6 Å². The number of nitrogens with one attached hydrogen (secondary N) is 1. The summed E-state index contributed by atoms with van der Waals surface area (Å²) in [4.78, 5) is 5.26. The second-order valence-electron chi connectivity index (χ2n) is 4.34. The van der Waals surface area contributed by atoms with E-state index < -0.39 is 21.9 Å². The summed E-state index contributed by atoms with van der Waals surface area (Å²) in [5.41, 5.74) is 2.55. The maximum atomic E-state index is 11.4. The summed E-state index contributed by atoms with van der Waals surface area (Å²) < 4.78 is 30.7. The van der Waals surface area contributed by atoms with Crippen LogP contribution in [0.1, 0.15) is 24.9 Å². The van der Waals surface area contributed by atoms with E-state index in [9.17, 15) is 8.76 Å². The molecule has 2 heterocycles. The minimum Gasteiger partial charge on any atom is -0.479 e. The minimum atomic E-state index is -2.17. The average Bonchev–Trinajstić information content (AvgIpc) is 2.86. The third-order valence-corrected chi connectivity index (χ3v) is 3.28. The summed E-state index contributed by atoms with van der Waals surface area (Å²) in [7, 11) is 1.44. The van der Waals surface area contributed by atoms with Crippen molar-refractivity contribution in [3.8, 4) is 5.88 Å². The summed E-state index contributed by atoms with van der Waals surface area (Å²) in [6, 6.07) is 1.46. The maximum Gasteiger partial charge on any atom is 0.254 e. The second kappa shape index (κ2) is 4.71. The van der Waals surface area contributed by atoms with Crippen LogP contribution in [0, 0.1) is 0 Å². The van der Waals surface area contributed by atoms with Gasteiger partial charge in [-0.2, -0.15) is 0 Å². The van der Waals surface area contributed by atoms with Gasteiger partial charge in [0.25, 0.3) is 5.88 Å². The Bertz CT molecular complexity index is 496. The molecule has 2 N–H and O–H groups in total. The van der Waals surface area contributed by atoms with E-state index in [0.717, 1.165) is 0 Å². The van der Waals surface area contributed by atoms with Crippen molar-refractivity contribution in [2.45, 2.75) is 24.7 Å². The van der Waals surface area contributed by atoms with Crippen molar-refractivity contribution in [1.29, 1.82) is 0 Å². The molecule has 0 radical (unpaired) electrons. The number of ether oxygens (including phenoxy) is 1. The average molecular weight is 274 g/mol. The third-order valence-electron chi connectivity index (χ3n) is 2.39. The number of hydrogen-bond acceptors (Lipinski definition) is 6. The lowest BCUT2D eigenvalue weighted by Crippen LogP contribution is -2.22. The smallest absolute Gasteiger partial charge is 0.254 e. The molecule has 18 heavy (non-hydrogen) atoms. The lowest BCUT2D eigenvalue weighted by atomic mass is 10.1. The van der Waals surface area contributed by atoms with Gasteiger partial charge in [0.15, 0.2) is 22.1 Å².